The van der Waals surface area contributed by atoms with Gasteiger partial charge in [0, 0.05) is 25.2 Å². The van der Waals surface area contributed by atoms with Gasteiger partial charge in [-0.05, 0) is 37.0 Å². The van der Waals surface area contributed by atoms with Crippen LogP contribution in [-0.4, -0.2) is 56.4 Å². The van der Waals surface area contributed by atoms with Crippen molar-refractivity contribution in [1.82, 2.24) is 19.6 Å². The first-order valence-electron chi connectivity index (χ1n) is 10.2. The van der Waals surface area contributed by atoms with Crippen molar-refractivity contribution in [3.63, 3.8) is 0 Å². The van der Waals surface area contributed by atoms with E-state index >= 15 is 0 Å². The average Bonchev–Trinajstić information content (AvgIpc) is 3.23. The molecule has 30 heavy (non-hydrogen) atoms. The lowest BCUT2D eigenvalue weighted by Gasteiger charge is -2.39. The molecule has 0 N–H and O–H groups in total. The number of fused-ring (bicyclic) bond motifs is 2. The standard InChI is InChI=1S/C22H21FN4O3/c23-10-14(12-27-20(28)16-6-1-2-7-17(16)21(27)29)11-25-13-18-19(24-25)8-9-26(22(18)30)15-4-3-5-15/h1-2,6-7,10,13,15H,3-5,8-9,11-12H2. The summed E-state index contributed by atoms with van der Waals surface area (Å²) < 4.78 is 15.2. The number of hydrogen-bond acceptors (Lipinski definition) is 4. The zero-order valence-corrected chi connectivity index (χ0v) is 16.4. The average molecular weight is 408 g/mol. The summed E-state index contributed by atoms with van der Waals surface area (Å²) in [5.41, 5.74) is 2.17. The molecule has 1 aromatic heterocycles. The lowest BCUT2D eigenvalue weighted by Crippen LogP contribution is -2.47. The van der Waals surface area contributed by atoms with Crippen molar-refractivity contribution >= 4 is 17.7 Å². The number of imide groups is 1. The van der Waals surface area contributed by atoms with Gasteiger partial charge in [0.1, 0.15) is 0 Å². The highest BCUT2D eigenvalue weighted by Gasteiger charge is 2.36. The van der Waals surface area contributed by atoms with Crippen molar-refractivity contribution in [3.05, 3.63) is 64.7 Å². The monoisotopic (exact) mass is 408 g/mol. The highest BCUT2D eigenvalue weighted by Crippen LogP contribution is 2.30. The molecule has 154 valence electrons. The van der Waals surface area contributed by atoms with Crippen LogP contribution in [-0.2, 0) is 13.0 Å². The van der Waals surface area contributed by atoms with Gasteiger partial charge in [0.05, 0.1) is 41.8 Å². The molecule has 0 saturated heterocycles. The number of hydrogen-bond donors (Lipinski definition) is 0. The number of nitrogens with zero attached hydrogens (tertiary/aromatic N) is 4. The van der Waals surface area contributed by atoms with Gasteiger partial charge in [-0.1, -0.05) is 12.1 Å². The van der Waals surface area contributed by atoms with Crippen LogP contribution in [0.3, 0.4) is 0 Å². The molecule has 3 amide bonds. The molecular weight excluding hydrogens is 387 g/mol. The second-order valence-electron chi connectivity index (χ2n) is 8.03. The molecule has 0 unspecified atom stereocenters. The van der Waals surface area contributed by atoms with Gasteiger partial charge in [0.25, 0.3) is 17.7 Å². The van der Waals surface area contributed by atoms with E-state index in [1.54, 1.807) is 30.5 Å². The lowest BCUT2D eigenvalue weighted by atomic mass is 9.89. The third-order valence-corrected chi connectivity index (χ3v) is 6.19. The molecular formula is C22H21FN4O3. The molecule has 8 heteroatoms. The largest absolute Gasteiger partial charge is 0.335 e. The van der Waals surface area contributed by atoms with Crippen molar-refractivity contribution < 1.29 is 18.8 Å². The van der Waals surface area contributed by atoms with E-state index in [2.05, 4.69) is 5.10 Å². The SMILES string of the molecule is O=C1c2ccccc2C(=O)N1CC(=CF)Cn1cc2c(n1)CCN(C1CCC1)C2=O. The first-order valence-corrected chi connectivity index (χ1v) is 10.2. The van der Waals surface area contributed by atoms with Gasteiger partial charge in [-0.3, -0.25) is 24.0 Å². The molecule has 5 rings (SSSR count). The van der Waals surface area contributed by atoms with E-state index in [1.165, 1.54) is 4.68 Å². The van der Waals surface area contributed by atoms with E-state index in [4.69, 9.17) is 0 Å². The van der Waals surface area contributed by atoms with E-state index in [1.807, 2.05) is 4.90 Å². The first kappa shape index (κ1) is 18.7. The van der Waals surface area contributed by atoms with Crippen molar-refractivity contribution in [1.29, 1.82) is 0 Å². The molecule has 0 spiro atoms. The van der Waals surface area contributed by atoms with Crippen molar-refractivity contribution in [2.75, 3.05) is 13.1 Å². The fraction of sp³-hybridized carbons (Fsp3) is 0.364. The lowest BCUT2D eigenvalue weighted by molar-refractivity contribution is 0.0558. The van der Waals surface area contributed by atoms with E-state index < -0.39 is 11.8 Å². The maximum Gasteiger partial charge on any atom is 0.261 e. The first-order chi connectivity index (χ1) is 14.6. The van der Waals surface area contributed by atoms with Crippen LogP contribution in [0.15, 0.2) is 42.4 Å². The number of halogens is 1. The maximum absolute atomic E-state index is 13.6. The summed E-state index contributed by atoms with van der Waals surface area (Å²) in [5, 5.41) is 4.45. The Bertz CT molecular complexity index is 1050. The highest BCUT2D eigenvalue weighted by molar-refractivity contribution is 6.21. The second kappa shape index (κ2) is 7.19. The summed E-state index contributed by atoms with van der Waals surface area (Å²) in [6.07, 6.45) is 5.98. The Morgan fingerprint density at radius 3 is 2.33 bits per heavy atom. The third kappa shape index (κ3) is 2.94. The highest BCUT2D eigenvalue weighted by atomic mass is 19.1. The van der Waals surface area contributed by atoms with E-state index in [9.17, 15) is 18.8 Å². The molecule has 0 atom stereocenters. The van der Waals surface area contributed by atoms with Crippen LogP contribution in [0.5, 0.6) is 0 Å². The van der Waals surface area contributed by atoms with Crippen LogP contribution in [0.25, 0.3) is 0 Å². The molecule has 2 aromatic rings. The van der Waals surface area contributed by atoms with Gasteiger partial charge in [-0.25, -0.2) is 4.39 Å². The Hall–Kier alpha value is -3.29. The van der Waals surface area contributed by atoms with E-state index in [0.717, 1.165) is 29.9 Å². The maximum atomic E-state index is 13.6. The fourth-order valence-electron chi connectivity index (χ4n) is 4.35. The Labute approximate surface area is 172 Å². The van der Waals surface area contributed by atoms with Crippen LogP contribution < -0.4 is 0 Å². The quantitative estimate of drug-likeness (QED) is 0.713. The molecule has 0 radical (unpaired) electrons. The minimum absolute atomic E-state index is 0.0154. The summed E-state index contributed by atoms with van der Waals surface area (Å²) in [6.45, 7) is 0.567. The summed E-state index contributed by atoms with van der Waals surface area (Å²) >= 11 is 0. The Morgan fingerprint density at radius 1 is 1.03 bits per heavy atom. The molecule has 3 heterocycles. The van der Waals surface area contributed by atoms with Crippen LogP contribution in [0.1, 0.15) is 56.0 Å². The zero-order chi connectivity index (χ0) is 20.8. The molecule has 1 aromatic carbocycles. The minimum Gasteiger partial charge on any atom is -0.335 e. The molecule has 1 saturated carbocycles. The summed E-state index contributed by atoms with van der Waals surface area (Å²) in [4.78, 5) is 40.8. The molecule has 7 nitrogen and oxygen atoms in total. The number of aromatic nitrogens is 2. The van der Waals surface area contributed by atoms with Gasteiger partial charge in [0.2, 0.25) is 0 Å². The van der Waals surface area contributed by atoms with Gasteiger partial charge in [0.15, 0.2) is 0 Å². The zero-order valence-electron chi connectivity index (χ0n) is 16.4. The number of benzene rings is 1. The molecule has 3 aliphatic rings. The van der Waals surface area contributed by atoms with Crippen molar-refractivity contribution in [2.24, 2.45) is 0 Å². The number of amides is 3. The molecule has 1 aliphatic carbocycles. The van der Waals surface area contributed by atoms with Gasteiger partial charge >= 0.3 is 0 Å². The van der Waals surface area contributed by atoms with Crippen LogP contribution in [0, 0.1) is 0 Å². The Morgan fingerprint density at radius 2 is 1.73 bits per heavy atom. The smallest absolute Gasteiger partial charge is 0.261 e. The van der Waals surface area contributed by atoms with Crippen LogP contribution >= 0.6 is 0 Å². The number of carbonyl (C=O) groups excluding carboxylic acids is 3. The van der Waals surface area contributed by atoms with Gasteiger partial charge in [-0.15, -0.1) is 0 Å². The Balaban J connectivity index is 1.31. The predicted molar refractivity (Wildman–Crippen MR) is 106 cm³/mol. The van der Waals surface area contributed by atoms with E-state index in [0.29, 0.717) is 42.0 Å². The van der Waals surface area contributed by atoms with Crippen LogP contribution in [0.4, 0.5) is 4.39 Å². The molecule has 2 aliphatic heterocycles. The normalized spacial score (nSPS) is 19.2. The molecule has 0 bridgehead atoms. The number of carbonyl (C=O) groups is 3. The third-order valence-electron chi connectivity index (χ3n) is 6.19. The summed E-state index contributed by atoms with van der Waals surface area (Å²) in [7, 11) is 0. The predicted octanol–water partition coefficient (Wildman–Crippen LogP) is 2.58. The van der Waals surface area contributed by atoms with Crippen LogP contribution in [0.2, 0.25) is 0 Å². The summed E-state index contributed by atoms with van der Waals surface area (Å²) in [5.74, 6) is -0.875. The Kier molecular flexibility index (Phi) is 4.49. The fourth-order valence-corrected chi connectivity index (χ4v) is 4.35. The van der Waals surface area contributed by atoms with Crippen molar-refractivity contribution in [2.45, 2.75) is 38.3 Å². The minimum atomic E-state index is -0.430. The van der Waals surface area contributed by atoms with Crippen molar-refractivity contribution in [3.8, 4) is 0 Å². The number of rotatable bonds is 5. The molecule has 1 fully saturated rings. The van der Waals surface area contributed by atoms with Gasteiger partial charge < -0.3 is 4.90 Å². The second-order valence-corrected chi connectivity index (χ2v) is 8.03. The topological polar surface area (TPSA) is 75.5 Å². The van der Waals surface area contributed by atoms with E-state index in [-0.39, 0.29) is 24.6 Å². The summed E-state index contributed by atoms with van der Waals surface area (Å²) in [6, 6.07) is 6.89. The van der Waals surface area contributed by atoms with Gasteiger partial charge in [-0.2, -0.15) is 5.10 Å².